The van der Waals surface area contributed by atoms with Gasteiger partial charge in [0, 0.05) is 18.3 Å². The molecule has 2 N–H and O–H groups in total. The van der Waals surface area contributed by atoms with Gasteiger partial charge < -0.3 is 10.2 Å². The molecule has 0 heterocycles. The van der Waals surface area contributed by atoms with Gasteiger partial charge in [-0.15, -0.1) is 23.2 Å². The minimum Gasteiger partial charge on any atom is -0.388 e. The lowest BCUT2D eigenvalue weighted by Gasteiger charge is -2.66. The van der Waals surface area contributed by atoms with Gasteiger partial charge in [0.15, 0.2) is 5.78 Å². The molecule has 0 aromatic rings. The fraction of sp³-hybridized carbons (Fsp3) is 0.905. The Kier molecular flexibility index (Phi) is 4.60. The van der Waals surface area contributed by atoms with Crippen LogP contribution in [0.15, 0.2) is 0 Å². The lowest BCUT2D eigenvalue weighted by atomic mass is 9.43. The van der Waals surface area contributed by atoms with Crippen molar-refractivity contribution in [2.75, 3.05) is 6.61 Å². The van der Waals surface area contributed by atoms with Gasteiger partial charge in [-0.3, -0.25) is 9.59 Å². The zero-order chi connectivity index (χ0) is 19.8. The molecule has 152 valence electrons. The zero-order valence-electron chi connectivity index (χ0n) is 16.1. The third kappa shape index (κ3) is 2.30. The highest BCUT2D eigenvalue weighted by molar-refractivity contribution is 6.33. The van der Waals surface area contributed by atoms with E-state index in [0.29, 0.717) is 31.5 Å². The van der Waals surface area contributed by atoms with Crippen molar-refractivity contribution in [2.45, 2.75) is 81.1 Å². The van der Waals surface area contributed by atoms with Crippen LogP contribution in [-0.2, 0) is 9.59 Å². The molecule has 0 aromatic heterocycles. The molecule has 27 heavy (non-hydrogen) atoms. The first-order chi connectivity index (χ1) is 12.5. The molecule has 0 aromatic carbocycles. The Morgan fingerprint density at radius 1 is 1.15 bits per heavy atom. The Hall–Kier alpha value is -0.160. The largest absolute Gasteiger partial charge is 0.388 e. The van der Waals surface area contributed by atoms with Gasteiger partial charge in [-0.1, -0.05) is 13.8 Å². The average Bonchev–Trinajstić information content (AvgIpc) is 2.88. The second-order valence-electron chi connectivity index (χ2n) is 9.98. The molecular weight excluding hydrogens is 387 g/mol. The number of aliphatic hydroxyl groups excluding tert-OH is 1. The van der Waals surface area contributed by atoms with Gasteiger partial charge in [-0.05, 0) is 61.7 Å². The molecule has 4 nitrogen and oxygen atoms in total. The van der Waals surface area contributed by atoms with E-state index in [-0.39, 0.29) is 28.5 Å². The zero-order valence-corrected chi connectivity index (χ0v) is 17.7. The van der Waals surface area contributed by atoms with Gasteiger partial charge >= 0.3 is 0 Å². The average molecular weight is 417 g/mol. The summed E-state index contributed by atoms with van der Waals surface area (Å²) in [5, 5.41) is 20.3. The van der Waals surface area contributed by atoms with E-state index in [0.717, 1.165) is 25.7 Å². The van der Waals surface area contributed by atoms with Crippen molar-refractivity contribution in [3.8, 4) is 0 Å². The Morgan fingerprint density at radius 2 is 1.85 bits per heavy atom. The van der Waals surface area contributed by atoms with Crippen LogP contribution in [0.4, 0.5) is 0 Å². The lowest BCUT2D eigenvalue weighted by Crippen LogP contribution is -2.69. The molecule has 0 aliphatic heterocycles. The Balaban J connectivity index is 1.76. The summed E-state index contributed by atoms with van der Waals surface area (Å²) < 4.78 is 0. The maximum absolute atomic E-state index is 12.5. The SMILES string of the molecule is C[C@]12CCC(=O)C[C@@H]1CC[C@H]1[C@@H]3CC[C@](O)(C(=O)CO)[C@@]3(C)C[C@H](Cl)[C@@]12Cl. The van der Waals surface area contributed by atoms with Crippen LogP contribution in [0, 0.1) is 28.6 Å². The Bertz CT molecular complexity index is 683. The van der Waals surface area contributed by atoms with Crippen LogP contribution in [0.5, 0.6) is 0 Å². The van der Waals surface area contributed by atoms with Crippen molar-refractivity contribution in [2.24, 2.45) is 28.6 Å². The first-order valence-corrected chi connectivity index (χ1v) is 11.1. The van der Waals surface area contributed by atoms with Crippen molar-refractivity contribution in [1.82, 2.24) is 0 Å². The summed E-state index contributed by atoms with van der Waals surface area (Å²) in [7, 11) is 0. The second-order valence-corrected chi connectivity index (χ2v) is 11.1. The number of carbonyl (C=O) groups excluding carboxylic acids is 2. The smallest absolute Gasteiger partial charge is 0.190 e. The third-order valence-corrected chi connectivity index (χ3v) is 10.9. The van der Waals surface area contributed by atoms with Gasteiger partial charge in [-0.25, -0.2) is 0 Å². The van der Waals surface area contributed by atoms with Crippen LogP contribution >= 0.6 is 23.2 Å². The number of carbonyl (C=O) groups is 2. The molecule has 0 radical (unpaired) electrons. The molecule has 8 atom stereocenters. The fourth-order valence-electron chi connectivity index (χ4n) is 7.58. The number of aliphatic hydroxyl groups is 2. The normalized spacial score (nSPS) is 54.8. The predicted octanol–water partition coefficient (Wildman–Crippen LogP) is 3.47. The summed E-state index contributed by atoms with van der Waals surface area (Å²) in [5.74, 6) is 0.294. The van der Waals surface area contributed by atoms with Crippen LogP contribution in [-0.4, -0.2) is 44.2 Å². The van der Waals surface area contributed by atoms with E-state index in [4.69, 9.17) is 23.2 Å². The quantitative estimate of drug-likeness (QED) is 0.675. The maximum atomic E-state index is 12.5. The van der Waals surface area contributed by atoms with Crippen molar-refractivity contribution >= 4 is 34.8 Å². The molecule has 0 saturated heterocycles. The van der Waals surface area contributed by atoms with Crippen LogP contribution in [0.2, 0.25) is 0 Å². The number of alkyl halides is 2. The van der Waals surface area contributed by atoms with Gasteiger partial charge in [0.05, 0.1) is 10.3 Å². The minimum atomic E-state index is -1.53. The van der Waals surface area contributed by atoms with E-state index in [1.54, 1.807) is 0 Å². The minimum absolute atomic E-state index is 0.0981. The number of Topliss-reactive ketones (excluding diaryl/α,β-unsaturated/α-hetero) is 2. The first kappa shape index (κ1) is 20.1. The van der Waals surface area contributed by atoms with Crippen LogP contribution in [0.1, 0.15) is 65.2 Å². The summed E-state index contributed by atoms with van der Waals surface area (Å²) in [6, 6.07) is 0. The van der Waals surface area contributed by atoms with Gasteiger partial charge in [0.1, 0.15) is 18.0 Å². The Morgan fingerprint density at radius 3 is 2.52 bits per heavy atom. The molecule has 0 unspecified atom stereocenters. The molecule has 4 aliphatic carbocycles. The van der Waals surface area contributed by atoms with Crippen molar-refractivity contribution < 1.29 is 19.8 Å². The van der Waals surface area contributed by atoms with E-state index in [1.165, 1.54) is 0 Å². The van der Waals surface area contributed by atoms with E-state index >= 15 is 0 Å². The molecule has 4 aliphatic rings. The topological polar surface area (TPSA) is 74.6 Å². The summed E-state index contributed by atoms with van der Waals surface area (Å²) in [6.07, 6.45) is 5.29. The van der Waals surface area contributed by atoms with Crippen molar-refractivity contribution in [3.05, 3.63) is 0 Å². The number of halogens is 2. The monoisotopic (exact) mass is 416 g/mol. The van der Waals surface area contributed by atoms with Crippen molar-refractivity contribution in [3.63, 3.8) is 0 Å². The number of rotatable bonds is 2. The molecule has 4 saturated carbocycles. The highest BCUT2D eigenvalue weighted by Gasteiger charge is 2.73. The first-order valence-electron chi connectivity index (χ1n) is 10.3. The second kappa shape index (κ2) is 6.17. The summed E-state index contributed by atoms with van der Waals surface area (Å²) in [5.41, 5.74) is -2.41. The molecule has 6 heteroatoms. The van der Waals surface area contributed by atoms with Crippen molar-refractivity contribution in [1.29, 1.82) is 0 Å². The standard InChI is InChI=1S/C21H30Cl2O4/c1-18-7-5-13(25)9-12(18)3-4-15-14-6-8-20(27,17(26)11-24)19(14,2)10-16(22)21(15,18)23/h12,14-16,24,27H,3-11H2,1-2H3/t12-,14-,15-,16-,18-,19-,20-,21-/m0/s1. The number of fused-ring (bicyclic) bond motifs is 5. The summed E-state index contributed by atoms with van der Waals surface area (Å²) >= 11 is 14.5. The van der Waals surface area contributed by atoms with Crippen LogP contribution in [0.3, 0.4) is 0 Å². The predicted molar refractivity (Wildman–Crippen MR) is 104 cm³/mol. The molecule has 4 rings (SSSR count). The Labute approximate surface area is 171 Å². The summed E-state index contributed by atoms with van der Waals surface area (Å²) in [6.45, 7) is 3.52. The third-order valence-electron chi connectivity index (χ3n) is 9.27. The molecular formula is C21H30Cl2O4. The fourth-order valence-corrected chi connectivity index (χ4v) is 8.90. The van der Waals surface area contributed by atoms with Gasteiger partial charge in [0.25, 0.3) is 0 Å². The van der Waals surface area contributed by atoms with Gasteiger partial charge in [0.2, 0.25) is 0 Å². The highest BCUT2D eigenvalue weighted by Crippen LogP contribution is 2.72. The lowest BCUT2D eigenvalue weighted by molar-refractivity contribution is -0.167. The summed E-state index contributed by atoms with van der Waals surface area (Å²) in [4.78, 5) is 23.9. The molecule has 0 amide bonds. The van der Waals surface area contributed by atoms with Crippen LogP contribution < -0.4 is 0 Å². The van der Waals surface area contributed by atoms with Gasteiger partial charge in [-0.2, -0.15) is 0 Å². The van der Waals surface area contributed by atoms with E-state index in [1.807, 2.05) is 6.92 Å². The number of hydrogen-bond donors (Lipinski definition) is 2. The van der Waals surface area contributed by atoms with Crippen LogP contribution in [0.25, 0.3) is 0 Å². The molecule has 4 fully saturated rings. The maximum Gasteiger partial charge on any atom is 0.190 e. The molecule has 0 bridgehead atoms. The number of ketones is 2. The van der Waals surface area contributed by atoms with E-state index in [2.05, 4.69) is 6.92 Å². The molecule has 0 spiro atoms. The van der Waals surface area contributed by atoms with E-state index < -0.39 is 28.3 Å². The highest BCUT2D eigenvalue weighted by atomic mass is 35.5. The number of hydrogen-bond acceptors (Lipinski definition) is 4. The van der Waals surface area contributed by atoms with E-state index in [9.17, 15) is 19.8 Å².